The zero-order chi connectivity index (χ0) is 14.2. The Morgan fingerprint density at radius 1 is 0.842 bits per heavy atom. The standard InChI is InChI=1S/C13H8F4O2/c14-11-5-7(1-2-12(11)19)8-3-9(13(15,16)17)6-10(18)4-8/h1-6,18-19H. The Morgan fingerprint density at radius 2 is 1.53 bits per heavy atom. The molecule has 0 aromatic heterocycles. The molecule has 0 bridgehead atoms. The maximum Gasteiger partial charge on any atom is 0.416 e. The normalized spacial score (nSPS) is 11.6. The first-order valence-electron chi connectivity index (χ1n) is 5.17. The van der Waals surface area contributed by atoms with Crippen molar-refractivity contribution in [3.8, 4) is 22.6 Å². The van der Waals surface area contributed by atoms with Crippen LogP contribution in [-0.2, 0) is 6.18 Å². The van der Waals surface area contributed by atoms with Crippen LogP contribution in [0.2, 0.25) is 0 Å². The van der Waals surface area contributed by atoms with E-state index in [1.807, 2.05) is 0 Å². The van der Waals surface area contributed by atoms with Crippen molar-refractivity contribution in [3.63, 3.8) is 0 Å². The molecule has 0 atom stereocenters. The van der Waals surface area contributed by atoms with Crippen molar-refractivity contribution in [2.75, 3.05) is 0 Å². The summed E-state index contributed by atoms with van der Waals surface area (Å²) < 4.78 is 50.9. The fraction of sp³-hybridized carbons (Fsp3) is 0.0769. The minimum atomic E-state index is -4.61. The molecule has 0 spiro atoms. The van der Waals surface area contributed by atoms with E-state index in [1.165, 1.54) is 6.07 Å². The molecule has 0 fully saturated rings. The van der Waals surface area contributed by atoms with E-state index in [9.17, 15) is 22.7 Å². The minimum absolute atomic E-state index is 0.00576. The van der Waals surface area contributed by atoms with Crippen LogP contribution < -0.4 is 0 Å². The van der Waals surface area contributed by atoms with Crippen LogP contribution in [0.25, 0.3) is 11.1 Å². The van der Waals surface area contributed by atoms with Gasteiger partial charge in [-0.3, -0.25) is 0 Å². The zero-order valence-corrected chi connectivity index (χ0v) is 9.37. The van der Waals surface area contributed by atoms with Crippen molar-refractivity contribution in [1.82, 2.24) is 0 Å². The third kappa shape index (κ3) is 2.78. The largest absolute Gasteiger partial charge is 0.508 e. The van der Waals surface area contributed by atoms with Gasteiger partial charge in [-0.2, -0.15) is 13.2 Å². The molecule has 2 aromatic rings. The summed E-state index contributed by atoms with van der Waals surface area (Å²) in [6.45, 7) is 0. The third-order valence-corrected chi connectivity index (χ3v) is 2.53. The second-order valence-corrected chi connectivity index (χ2v) is 3.93. The van der Waals surface area contributed by atoms with Crippen LogP contribution in [0.3, 0.4) is 0 Å². The molecule has 2 N–H and O–H groups in total. The van der Waals surface area contributed by atoms with Crippen LogP contribution in [0.5, 0.6) is 11.5 Å². The first-order chi connectivity index (χ1) is 8.77. The Morgan fingerprint density at radius 3 is 2.11 bits per heavy atom. The van der Waals surface area contributed by atoms with E-state index in [2.05, 4.69) is 0 Å². The summed E-state index contributed by atoms with van der Waals surface area (Å²) in [5.74, 6) is -2.12. The molecule has 0 aliphatic rings. The number of aromatic hydroxyl groups is 2. The summed E-state index contributed by atoms with van der Waals surface area (Å²) >= 11 is 0. The van der Waals surface area contributed by atoms with Crippen LogP contribution in [0.4, 0.5) is 17.6 Å². The topological polar surface area (TPSA) is 40.5 Å². The van der Waals surface area contributed by atoms with E-state index < -0.39 is 29.1 Å². The highest BCUT2D eigenvalue weighted by Crippen LogP contribution is 2.35. The third-order valence-electron chi connectivity index (χ3n) is 2.53. The zero-order valence-electron chi connectivity index (χ0n) is 9.37. The number of hydrogen-bond donors (Lipinski definition) is 2. The van der Waals surface area contributed by atoms with Gasteiger partial charge in [-0.1, -0.05) is 6.07 Å². The van der Waals surface area contributed by atoms with E-state index >= 15 is 0 Å². The Kier molecular flexibility index (Phi) is 3.09. The second-order valence-electron chi connectivity index (χ2n) is 3.93. The lowest BCUT2D eigenvalue weighted by molar-refractivity contribution is -0.137. The van der Waals surface area contributed by atoms with Gasteiger partial charge in [-0.15, -0.1) is 0 Å². The molecule has 6 heteroatoms. The van der Waals surface area contributed by atoms with Crippen molar-refractivity contribution in [2.24, 2.45) is 0 Å². The SMILES string of the molecule is Oc1cc(-c2ccc(O)c(F)c2)cc(C(F)(F)F)c1. The van der Waals surface area contributed by atoms with Crippen molar-refractivity contribution in [1.29, 1.82) is 0 Å². The van der Waals surface area contributed by atoms with Gasteiger partial charge < -0.3 is 10.2 Å². The molecule has 19 heavy (non-hydrogen) atoms. The average Bonchev–Trinajstić information content (AvgIpc) is 2.31. The fourth-order valence-corrected chi connectivity index (χ4v) is 1.63. The highest BCUT2D eigenvalue weighted by Gasteiger charge is 2.31. The maximum absolute atomic E-state index is 13.2. The average molecular weight is 272 g/mol. The fourth-order valence-electron chi connectivity index (χ4n) is 1.63. The van der Waals surface area contributed by atoms with Crippen molar-refractivity contribution in [3.05, 3.63) is 47.8 Å². The number of alkyl halides is 3. The van der Waals surface area contributed by atoms with Crippen molar-refractivity contribution < 1.29 is 27.8 Å². The molecular formula is C13H8F4O2. The van der Waals surface area contributed by atoms with E-state index in [4.69, 9.17) is 5.11 Å². The smallest absolute Gasteiger partial charge is 0.416 e. The van der Waals surface area contributed by atoms with Crippen LogP contribution in [0, 0.1) is 5.82 Å². The molecule has 0 aliphatic heterocycles. The molecule has 0 amide bonds. The summed E-state index contributed by atoms with van der Waals surface area (Å²) in [6, 6.07) is 5.65. The van der Waals surface area contributed by atoms with Crippen LogP contribution in [0.15, 0.2) is 36.4 Å². The lowest BCUT2D eigenvalue weighted by Gasteiger charge is -2.10. The Balaban J connectivity index is 2.56. The second kappa shape index (κ2) is 4.46. The molecule has 0 radical (unpaired) electrons. The molecule has 2 rings (SSSR count). The molecule has 0 heterocycles. The van der Waals surface area contributed by atoms with Crippen molar-refractivity contribution >= 4 is 0 Å². The molecular weight excluding hydrogens is 264 g/mol. The summed E-state index contributed by atoms with van der Waals surface area (Å²) in [5, 5.41) is 18.3. The lowest BCUT2D eigenvalue weighted by atomic mass is 10.0. The van der Waals surface area contributed by atoms with Crippen LogP contribution >= 0.6 is 0 Å². The van der Waals surface area contributed by atoms with Gasteiger partial charge in [-0.05, 0) is 41.5 Å². The Bertz CT molecular complexity index is 621. The van der Waals surface area contributed by atoms with Gasteiger partial charge in [0, 0.05) is 0 Å². The number of hydrogen-bond acceptors (Lipinski definition) is 2. The number of phenolic OH excluding ortho intramolecular Hbond substituents is 2. The van der Waals surface area contributed by atoms with Gasteiger partial charge in [0.25, 0.3) is 0 Å². The number of rotatable bonds is 1. The van der Waals surface area contributed by atoms with Crippen LogP contribution in [-0.4, -0.2) is 10.2 Å². The summed E-state index contributed by atoms with van der Waals surface area (Å²) in [7, 11) is 0. The Hall–Kier alpha value is -2.24. The molecule has 2 aromatic carbocycles. The maximum atomic E-state index is 13.2. The number of phenols is 2. The Labute approximate surface area is 105 Å². The molecule has 2 nitrogen and oxygen atoms in total. The monoisotopic (exact) mass is 272 g/mol. The van der Waals surface area contributed by atoms with Gasteiger partial charge in [0.15, 0.2) is 11.6 Å². The lowest BCUT2D eigenvalue weighted by Crippen LogP contribution is -2.04. The molecule has 0 saturated carbocycles. The molecule has 100 valence electrons. The van der Waals surface area contributed by atoms with Gasteiger partial charge in [0.1, 0.15) is 5.75 Å². The van der Waals surface area contributed by atoms with E-state index in [0.29, 0.717) is 6.07 Å². The van der Waals surface area contributed by atoms with E-state index in [1.54, 1.807) is 0 Å². The molecule has 0 aliphatic carbocycles. The van der Waals surface area contributed by atoms with Gasteiger partial charge in [0.05, 0.1) is 5.56 Å². The predicted octanol–water partition coefficient (Wildman–Crippen LogP) is 3.92. The predicted molar refractivity (Wildman–Crippen MR) is 60.2 cm³/mol. The van der Waals surface area contributed by atoms with E-state index in [0.717, 1.165) is 24.3 Å². The highest BCUT2D eigenvalue weighted by molar-refractivity contribution is 5.67. The van der Waals surface area contributed by atoms with Gasteiger partial charge in [-0.25, -0.2) is 4.39 Å². The molecule has 0 unspecified atom stereocenters. The summed E-state index contributed by atoms with van der Waals surface area (Å²) in [6.07, 6.45) is -4.61. The summed E-state index contributed by atoms with van der Waals surface area (Å²) in [4.78, 5) is 0. The highest BCUT2D eigenvalue weighted by atomic mass is 19.4. The number of halogens is 4. The van der Waals surface area contributed by atoms with Gasteiger partial charge >= 0.3 is 6.18 Å². The summed E-state index contributed by atoms with van der Waals surface area (Å²) in [5.41, 5.74) is -0.904. The van der Waals surface area contributed by atoms with Crippen LogP contribution in [0.1, 0.15) is 5.56 Å². The first-order valence-corrected chi connectivity index (χ1v) is 5.17. The molecule has 0 saturated heterocycles. The minimum Gasteiger partial charge on any atom is -0.508 e. The van der Waals surface area contributed by atoms with Gasteiger partial charge in [0.2, 0.25) is 0 Å². The van der Waals surface area contributed by atoms with E-state index in [-0.39, 0.29) is 11.1 Å². The number of benzene rings is 2. The van der Waals surface area contributed by atoms with Crippen molar-refractivity contribution in [2.45, 2.75) is 6.18 Å². The quantitative estimate of drug-likeness (QED) is 0.772. The first kappa shape index (κ1) is 13.2.